The molecule has 0 bridgehead atoms. The third-order valence-electron chi connectivity index (χ3n) is 4.12. The average molecular weight is 392 g/mol. The molecule has 3 aromatic heterocycles. The lowest BCUT2D eigenvalue weighted by atomic mass is 10.1. The van der Waals surface area contributed by atoms with Crippen molar-refractivity contribution in [2.45, 2.75) is 13.5 Å². The number of carbonyl (C=O) groups is 2. The Morgan fingerprint density at radius 3 is 2.64 bits per heavy atom. The van der Waals surface area contributed by atoms with Gasteiger partial charge in [0.1, 0.15) is 12.0 Å². The smallest absolute Gasteiger partial charge is 0.287 e. The Balaban J connectivity index is 1.40. The average Bonchev–Trinajstić information content (AvgIpc) is 3.47. The fourth-order valence-electron chi connectivity index (χ4n) is 2.64. The number of oxazole rings is 1. The van der Waals surface area contributed by atoms with Gasteiger partial charge in [0.2, 0.25) is 5.89 Å². The van der Waals surface area contributed by atoms with Crippen LogP contribution in [0.15, 0.2) is 69.0 Å². The minimum Gasteiger partial charge on any atom is -0.451 e. The van der Waals surface area contributed by atoms with E-state index in [0.29, 0.717) is 22.9 Å². The normalized spacial score (nSPS) is 10.8. The molecule has 0 aliphatic rings. The first kappa shape index (κ1) is 17.9. The van der Waals surface area contributed by atoms with Crippen LogP contribution in [-0.4, -0.2) is 16.7 Å². The molecule has 6 nitrogen and oxygen atoms in total. The zero-order chi connectivity index (χ0) is 19.5. The van der Waals surface area contributed by atoms with Crippen LogP contribution in [0.1, 0.15) is 33.5 Å². The Morgan fingerprint density at radius 1 is 1.11 bits per heavy atom. The second-order valence-corrected chi connectivity index (χ2v) is 7.05. The first-order valence-electron chi connectivity index (χ1n) is 8.58. The molecule has 1 amide bonds. The van der Waals surface area contributed by atoms with Crippen molar-refractivity contribution in [2.24, 2.45) is 0 Å². The van der Waals surface area contributed by atoms with Gasteiger partial charge in [0.05, 0.1) is 17.1 Å². The lowest BCUT2D eigenvalue weighted by molar-refractivity contribution is 0.0923. The van der Waals surface area contributed by atoms with E-state index in [-0.39, 0.29) is 24.0 Å². The van der Waals surface area contributed by atoms with E-state index in [0.717, 1.165) is 10.4 Å². The molecule has 140 valence electrons. The molecule has 0 saturated heterocycles. The van der Waals surface area contributed by atoms with E-state index >= 15 is 0 Å². The summed E-state index contributed by atoms with van der Waals surface area (Å²) in [7, 11) is 0. The third-order valence-corrected chi connectivity index (χ3v) is 4.98. The van der Waals surface area contributed by atoms with Crippen LogP contribution in [0, 0.1) is 0 Å². The molecule has 28 heavy (non-hydrogen) atoms. The number of ketones is 1. The highest BCUT2D eigenvalue weighted by atomic mass is 32.1. The summed E-state index contributed by atoms with van der Waals surface area (Å²) in [5.41, 5.74) is 2.05. The highest BCUT2D eigenvalue weighted by molar-refractivity contribution is 7.13. The molecule has 0 unspecified atom stereocenters. The summed E-state index contributed by atoms with van der Waals surface area (Å²) < 4.78 is 11.1. The van der Waals surface area contributed by atoms with Crippen molar-refractivity contribution >= 4 is 23.0 Å². The Bertz CT molecular complexity index is 1110. The van der Waals surface area contributed by atoms with Crippen LogP contribution in [0.25, 0.3) is 22.1 Å². The number of amides is 1. The number of aromatic nitrogens is 1. The molecule has 7 heteroatoms. The summed E-state index contributed by atoms with van der Waals surface area (Å²) in [5, 5.41) is 4.71. The van der Waals surface area contributed by atoms with Gasteiger partial charge >= 0.3 is 0 Å². The van der Waals surface area contributed by atoms with E-state index in [9.17, 15) is 9.59 Å². The zero-order valence-corrected chi connectivity index (χ0v) is 15.8. The van der Waals surface area contributed by atoms with Gasteiger partial charge in [-0.2, -0.15) is 0 Å². The maximum Gasteiger partial charge on any atom is 0.287 e. The molecular formula is C21H16N2O4S. The molecule has 3 heterocycles. The quantitative estimate of drug-likeness (QED) is 0.477. The standard InChI is InChI=1S/C21H16N2O4S/c1-13(24)14-4-6-15(7-5-14)17-8-9-18(27-17)20(25)22-11-16-12-26-21(23-16)19-3-2-10-28-19/h2-10,12H,11H2,1H3,(H,22,25). The molecule has 0 saturated carbocycles. The molecule has 1 aromatic carbocycles. The van der Waals surface area contributed by atoms with Crippen molar-refractivity contribution in [1.29, 1.82) is 0 Å². The Kier molecular flexibility index (Phi) is 4.90. The topological polar surface area (TPSA) is 85.3 Å². The minimum absolute atomic E-state index is 0.00107. The molecule has 4 rings (SSSR count). The number of nitrogens with zero attached hydrogens (tertiary/aromatic N) is 1. The molecule has 0 fully saturated rings. The lowest BCUT2D eigenvalue weighted by Crippen LogP contribution is -2.22. The van der Waals surface area contributed by atoms with E-state index < -0.39 is 0 Å². The first-order chi connectivity index (χ1) is 13.6. The Labute approximate surface area is 164 Å². The number of nitrogens with one attached hydrogen (secondary N) is 1. The molecule has 0 spiro atoms. The molecular weight excluding hydrogens is 376 g/mol. The van der Waals surface area contributed by atoms with Gasteiger partial charge in [0.15, 0.2) is 11.5 Å². The van der Waals surface area contributed by atoms with Crippen LogP contribution in [0.2, 0.25) is 0 Å². The van der Waals surface area contributed by atoms with Crippen molar-refractivity contribution < 1.29 is 18.4 Å². The van der Waals surface area contributed by atoms with Crippen molar-refractivity contribution in [3.05, 3.63) is 77.2 Å². The van der Waals surface area contributed by atoms with Gasteiger partial charge in [-0.3, -0.25) is 9.59 Å². The van der Waals surface area contributed by atoms with Crippen LogP contribution in [0.3, 0.4) is 0 Å². The number of rotatable bonds is 6. The van der Waals surface area contributed by atoms with Crippen molar-refractivity contribution in [2.75, 3.05) is 0 Å². The summed E-state index contributed by atoms with van der Waals surface area (Å²) in [6, 6.07) is 14.2. The van der Waals surface area contributed by atoms with Gasteiger partial charge in [0, 0.05) is 11.1 Å². The predicted octanol–water partition coefficient (Wildman–Crippen LogP) is 4.80. The highest BCUT2D eigenvalue weighted by Gasteiger charge is 2.14. The SMILES string of the molecule is CC(=O)c1ccc(-c2ccc(C(=O)NCc3coc(-c4cccs4)n3)o2)cc1. The number of hydrogen-bond donors (Lipinski definition) is 1. The predicted molar refractivity (Wildman–Crippen MR) is 105 cm³/mol. The summed E-state index contributed by atoms with van der Waals surface area (Å²) in [5.74, 6) is 0.955. The van der Waals surface area contributed by atoms with Crippen LogP contribution < -0.4 is 5.32 Å². The van der Waals surface area contributed by atoms with Crippen LogP contribution in [0.5, 0.6) is 0 Å². The molecule has 4 aromatic rings. The summed E-state index contributed by atoms with van der Waals surface area (Å²) in [4.78, 5) is 29.0. The first-order valence-corrected chi connectivity index (χ1v) is 9.46. The van der Waals surface area contributed by atoms with Crippen LogP contribution in [-0.2, 0) is 6.54 Å². The number of thiophene rings is 1. The fourth-order valence-corrected chi connectivity index (χ4v) is 3.30. The van der Waals surface area contributed by atoms with Gasteiger partial charge in [-0.15, -0.1) is 11.3 Å². The zero-order valence-electron chi connectivity index (χ0n) is 15.0. The van der Waals surface area contributed by atoms with Gasteiger partial charge in [-0.05, 0) is 30.5 Å². The fraction of sp³-hybridized carbons (Fsp3) is 0.0952. The Hall–Kier alpha value is -3.45. The number of furan rings is 1. The molecule has 0 radical (unpaired) electrons. The van der Waals surface area contributed by atoms with E-state index in [2.05, 4.69) is 10.3 Å². The van der Waals surface area contributed by atoms with E-state index in [1.807, 2.05) is 17.5 Å². The van der Waals surface area contributed by atoms with Crippen molar-refractivity contribution in [1.82, 2.24) is 10.3 Å². The molecule has 0 aliphatic carbocycles. The van der Waals surface area contributed by atoms with E-state index in [1.54, 1.807) is 36.4 Å². The minimum atomic E-state index is -0.340. The third kappa shape index (κ3) is 3.79. The van der Waals surface area contributed by atoms with Gasteiger partial charge < -0.3 is 14.2 Å². The number of hydrogen-bond acceptors (Lipinski definition) is 6. The second-order valence-electron chi connectivity index (χ2n) is 6.10. The lowest BCUT2D eigenvalue weighted by Gasteiger charge is -2.01. The highest BCUT2D eigenvalue weighted by Crippen LogP contribution is 2.24. The molecule has 1 N–H and O–H groups in total. The largest absolute Gasteiger partial charge is 0.451 e. The van der Waals surface area contributed by atoms with Gasteiger partial charge in [0.25, 0.3) is 5.91 Å². The van der Waals surface area contributed by atoms with E-state index in [4.69, 9.17) is 8.83 Å². The maximum atomic E-state index is 12.3. The number of benzene rings is 1. The van der Waals surface area contributed by atoms with Crippen LogP contribution in [0.4, 0.5) is 0 Å². The van der Waals surface area contributed by atoms with Gasteiger partial charge in [-0.25, -0.2) is 4.98 Å². The second kappa shape index (κ2) is 7.66. The van der Waals surface area contributed by atoms with Crippen molar-refractivity contribution in [3.8, 4) is 22.1 Å². The van der Waals surface area contributed by atoms with Gasteiger partial charge in [-0.1, -0.05) is 30.3 Å². The summed E-state index contributed by atoms with van der Waals surface area (Å²) >= 11 is 1.54. The molecule has 0 atom stereocenters. The number of Topliss-reactive ketones (excluding diaryl/α,β-unsaturated/α-hetero) is 1. The summed E-state index contributed by atoms with van der Waals surface area (Å²) in [6.07, 6.45) is 1.53. The molecule has 0 aliphatic heterocycles. The van der Waals surface area contributed by atoms with Crippen molar-refractivity contribution in [3.63, 3.8) is 0 Å². The summed E-state index contributed by atoms with van der Waals surface area (Å²) in [6.45, 7) is 1.75. The van der Waals surface area contributed by atoms with Crippen LogP contribution >= 0.6 is 11.3 Å². The monoisotopic (exact) mass is 392 g/mol. The maximum absolute atomic E-state index is 12.3. The number of carbonyl (C=O) groups excluding carboxylic acids is 2. The van der Waals surface area contributed by atoms with E-state index in [1.165, 1.54) is 24.5 Å². The Morgan fingerprint density at radius 2 is 1.93 bits per heavy atom.